The van der Waals surface area contributed by atoms with Crippen molar-refractivity contribution >= 4 is 5.97 Å². The van der Waals surface area contributed by atoms with E-state index in [-0.39, 0.29) is 18.0 Å². The van der Waals surface area contributed by atoms with Gasteiger partial charge >= 0.3 is 5.97 Å². The lowest BCUT2D eigenvalue weighted by Gasteiger charge is -2.23. The Morgan fingerprint density at radius 1 is 1.06 bits per heavy atom. The number of ether oxygens (including phenoxy) is 1. The molecule has 3 heteroatoms. The van der Waals surface area contributed by atoms with Crippen LogP contribution in [0.3, 0.4) is 0 Å². The van der Waals surface area contributed by atoms with Crippen molar-refractivity contribution in [3.05, 3.63) is 36.4 Å². The summed E-state index contributed by atoms with van der Waals surface area (Å²) >= 11 is 0. The number of hydrogen-bond donors (Lipinski definition) is 0. The van der Waals surface area contributed by atoms with Crippen molar-refractivity contribution in [3.8, 4) is 6.07 Å². The molecular weight excluding hydrogens is 226 g/mol. The minimum Gasteiger partial charge on any atom is -0.463 e. The van der Waals surface area contributed by atoms with Crippen LogP contribution in [0.1, 0.15) is 32.6 Å². The highest BCUT2D eigenvalue weighted by Crippen LogP contribution is 2.25. The molecule has 96 valence electrons. The standard InChI is InChI=1S/C9H13NO2.C6H6/c1-7(11)12-9-4-2-8(6-10)3-5-9;1-2-4-6-5-3-1/h8-9H,2-5H2,1H3;1-6H. The maximum Gasteiger partial charge on any atom is 0.302 e. The van der Waals surface area contributed by atoms with Crippen LogP contribution < -0.4 is 0 Å². The van der Waals surface area contributed by atoms with Crippen LogP contribution in [0.2, 0.25) is 0 Å². The largest absolute Gasteiger partial charge is 0.463 e. The van der Waals surface area contributed by atoms with Crippen molar-refractivity contribution in [3.63, 3.8) is 0 Å². The summed E-state index contributed by atoms with van der Waals surface area (Å²) < 4.78 is 5.04. The van der Waals surface area contributed by atoms with E-state index in [0.29, 0.717) is 0 Å². The zero-order chi connectivity index (χ0) is 13.2. The molecule has 0 aromatic heterocycles. The molecule has 0 atom stereocenters. The first-order valence-corrected chi connectivity index (χ1v) is 6.29. The molecule has 0 spiro atoms. The molecule has 3 nitrogen and oxygen atoms in total. The van der Waals surface area contributed by atoms with Crippen LogP contribution in [0.4, 0.5) is 0 Å². The van der Waals surface area contributed by atoms with Crippen LogP contribution in [0.5, 0.6) is 0 Å². The molecule has 0 heterocycles. The van der Waals surface area contributed by atoms with Gasteiger partial charge in [0.1, 0.15) is 6.10 Å². The summed E-state index contributed by atoms with van der Waals surface area (Å²) in [6, 6.07) is 14.2. The second-order valence-electron chi connectivity index (χ2n) is 4.37. The molecule has 0 aliphatic heterocycles. The normalized spacial score (nSPS) is 22.0. The highest BCUT2D eigenvalue weighted by atomic mass is 16.5. The van der Waals surface area contributed by atoms with E-state index in [1.54, 1.807) is 0 Å². The number of nitriles is 1. The number of esters is 1. The fourth-order valence-corrected chi connectivity index (χ4v) is 1.93. The minimum absolute atomic E-state index is 0.0621. The van der Waals surface area contributed by atoms with Gasteiger partial charge in [-0.15, -0.1) is 0 Å². The quantitative estimate of drug-likeness (QED) is 0.713. The number of rotatable bonds is 1. The van der Waals surface area contributed by atoms with Crippen molar-refractivity contribution in [2.75, 3.05) is 0 Å². The lowest BCUT2D eigenvalue weighted by molar-refractivity contribution is -0.147. The molecule has 0 radical (unpaired) electrons. The van der Waals surface area contributed by atoms with Gasteiger partial charge in [0.25, 0.3) is 0 Å². The third-order valence-corrected chi connectivity index (χ3v) is 2.86. The van der Waals surface area contributed by atoms with Crippen LogP contribution in [0.15, 0.2) is 36.4 Å². The Hall–Kier alpha value is -1.82. The van der Waals surface area contributed by atoms with Crippen LogP contribution in [-0.4, -0.2) is 12.1 Å². The molecule has 1 aromatic rings. The number of hydrogen-bond acceptors (Lipinski definition) is 3. The van der Waals surface area contributed by atoms with E-state index in [0.717, 1.165) is 25.7 Å². The highest BCUT2D eigenvalue weighted by molar-refractivity contribution is 5.66. The molecule has 1 aliphatic rings. The Morgan fingerprint density at radius 3 is 1.83 bits per heavy atom. The molecule has 0 N–H and O–H groups in total. The fraction of sp³-hybridized carbons (Fsp3) is 0.467. The van der Waals surface area contributed by atoms with Gasteiger partial charge in [-0.2, -0.15) is 5.26 Å². The van der Waals surface area contributed by atoms with Gasteiger partial charge in [-0.25, -0.2) is 0 Å². The maximum absolute atomic E-state index is 10.6. The number of benzene rings is 1. The minimum atomic E-state index is -0.213. The van der Waals surface area contributed by atoms with E-state index < -0.39 is 0 Å². The van der Waals surface area contributed by atoms with E-state index >= 15 is 0 Å². The second-order valence-corrected chi connectivity index (χ2v) is 4.37. The third-order valence-electron chi connectivity index (χ3n) is 2.86. The van der Waals surface area contributed by atoms with Crippen molar-refractivity contribution in [1.82, 2.24) is 0 Å². The van der Waals surface area contributed by atoms with Gasteiger partial charge in [0.2, 0.25) is 0 Å². The highest BCUT2D eigenvalue weighted by Gasteiger charge is 2.22. The fourth-order valence-electron chi connectivity index (χ4n) is 1.93. The molecule has 0 saturated heterocycles. The Balaban J connectivity index is 0.000000225. The third kappa shape index (κ3) is 6.05. The summed E-state index contributed by atoms with van der Waals surface area (Å²) in [6.45, 7) is 1.43. The van der Waals surface area contributed by atoms with E-state index in [1.807, 2.05) is 36.4 Å². The summed E-state index contributed by atoms with van der Waals surface area (Å²) in [6.07, 6.45) is 3.49. The monoisotopic (exact) mass is 245 g/mol. The van der Waals surface area contributed by atoms with Crippen molar-refractivity contribution in [2.45, 2.75) is 38.7 Å². The average Bonchev–Trinajstić information content (AvgIpc) is 2.42. The van der Waals surface area contributed by atoms with Gasteiger partial charge in [0, 0.05) is 12.8 Å². The predicted octanol–water partition coefficient (Wildman–Crippen LogP) is 3.32. The lowest BCUT2D eigenvalue weighted by atomic mass is 9.88. The van der Waals surface area contributed by atoms with E-state index in [1.165, 1.54) is 6.92 Å². The van der Waals surface area contributed by atoms with Gasteiger partial charge in [0.05, 0.1) is 6.07 Å². The summed E-state index contributed by atoms with van der Waals surface area (Å²) in [5.74, 6) is -0.0350. The lowest BCUT2D eigenvalue weighted by Crippen LogP contribution is -2.22. The molecule has 1 aromatic carbocycles. The summed E-state index contributed by atoms with van der Waals surface area (Å²) in [7, 11) is 0. The second kappa shape index (κ2) is 8.30. The van der Waals surface area contributed by atoms with Gasteiger partial charge in [-0.05, 0) is 25.7 Å². The van der Waals surface area contributed by atoms with Crippen LogP contribution >= 0.6 is 0 Å². The smallest absolute Gasteiger partial charge is 0.302 e. The number of carbonyl (C=O) groups is 1. The molecule has 1 aliphatic carbocycles. The Morgan fingerprint density at radius 2 is 1.50 bits per heavy atom. The first kappa shape index (κ1) is 14.2. The van der Waals surface area contributed by atoms with Crippen molar-refractivity contribution in [1.29, 1.82) is 5.26 Å². The predicted molar refractivity (Wildman–Crippen MR) is 69.6 cm³/mol. The zero-order valence-electron chi connectivity index (χ0n) is 10.7. The summed E-state index contributed by atoms with van der Waals surface area (Å²) in [5, 5.41) is 8.60. The van der Waals surface area contributed by atoms with E-state index in [9.17, 15) is 4.79 Å². The maximum atomic E-state index is 10.6. The van der Waals surface area contributed by atoms with Crippen LogP contribution in [0.25, 0.3) is 0 Å². The van der Waals surface area contributed by atoms with Gasteiger partial charge in [-0.1, -0.05) is 36.4 Å². The van der Waals surface area contributed by atoms with Gasteiger partial charge in [0.15, 0.2) is 0 Å². The van der Waals surface area contributed by atoms with Crippen LogP contribution in [-0.2, 0) is 9.53 Å². The average molecular weight is 245 g/mol. The summed E-state index contributed by atoms with van der Waals surface area (Å²) in [5.41, 5.74) is 0. The van der Waals surface area contributed by atoms with E-state index in [2.05, 4.69) is 6.07 Å². The molecule has 0 bridgehead atoms. The number of nitrogens with zero attached hydrogens (tertiary/aromatic N) is 1. The first-order valence-electron chi connectivity index (χ1n) is 6.29. The zero-order valence-corrected chi connectivity index (χ0v) is 10.7. The van der Waals surface area contributed by atoms with Crippen molar-refractivity contribution in [2.24, 2.45) is 5.92 Å². The Kier molecular flexibility index (Phi) is 6.56. The molecule has 1 saturated carbocycles. The Labute approximate surface area is 108 Å². The molecule has 0 unspecified atom stereocenters. The topological polar surface area (TPSA) is 50.1 Å². The molecule has 18 heavy (non-hydrogen) atoms. The molecular formula is C15H19NO2. The molecule has 2 rings (SSSR count). The molecule has 1 fully saturated rings. The first-order chi connectivity index (χ1) is 8.72. The SMILES string of the molecule is CC(=O)OC1CCC(C#N)CC1.c1ccccc1. The van der Waals surface area contributed by atoms with Gasteiger partial charge in [-0.3, -0.25) is 4.79 Å². The number of carbonyl (C=O) groups excluding carboxylic acids is 1. The van der Waals surface area contributed by atoms with Crippen molar-refractivity contribution < 1.29 is 9.53 Å². The van der Waals surface area contributed by atoms with E-state index in [4.69, 9.17) is 10.00 Å². The van der Waals surface area contributed by atoms with Crippen LogP contribution in [0, 0.1) is 17.2 Å². The molecule has 0 amide bonds. The summed E-state index contributed by atoms with van der Waals surface area (Å²) in [4.78, 5) is 10.6. The Bertz CT molecular complexity index is 349. The van der Waals surface area contributed by atoms with Gasteiger partial charge < -0.3 is 4.74 Å².